The van der Waals surface area contributed by atoms with Crippen LogP contribution in [0.2, 0.25) is 0 Å². The molecule has 1 heterocycles. The van der Waals surface area contributed by atoms with E-state index in [0.717, 1.165) is 11.1 Å². The summed E-state index contributed by atoms with van der Waals surface area (Å²) in [4.78, 5) is 3.69. The van der Waals surface area contributed by atoms with Gasteiger partial charge in [0.2, 0.25) is 5.70 Å². The van der Waals surface area contributed by atoms with Crippen molar-refractivity contribution < 1.29 is 4.74 Å². The standard InChI is InChI=1S/C25H27N3O/c1-24(2,3)23-21(28-5)22(19(15-26)16-27)29-25(23,4)20-13-11-18(12-14-20)17-9-7-6-8-10-17/h11-14,17H,6-10H2,1-4H3. The van der Waals surface area contributed by atoms with Gasteiger partial charge in [0.25, 0.3) is 0 Å². The molecule has 1 aliphatic carbocycles. The van der Waals surface area contributed by atoms with Crippen LogP contribution in [-0.2, 0) is 10.3 Å². The summed E-state index contributed by atoms with van der Waals surface area (Å²) in [6.07, 6.45) is 6.38. The average Bonchev–Trinajstić information content (AvgIpc) is 3.03. The molecule has 29 heavy (non-hydrogen) atoms. The first-order valence-corrected chi connectivity index (χ1v) is 10.2. The van der Waals surface area contributed by atoms with Gasteiger partial charge in [-0.05, 0) is 47.8 Å². The smallest absolute Gasteiger partial charge is 0.234 e. The van der Waals surface area contributed by atoms with Crippen LogP contribution in [0.4, 0.5) is 0 Å². The van der Waals surface area contributed by atoms with Crippen LogP contribution in [0.1, 0.15) is 76.8 Å². The van der Waals surface area contributed by atoms with Crippen molar-refractivity contribution in [2.45, 2.75) is 71.3 Å². The van der Waals surface area contributed by atoms with E-state index in [4.69, 9.17) is 11.3 Å². The molecule has 0 bridgehead atoms. The molecule has 2 aliphatic rings. The zero-order valence-electron chi connectivity index (χ0n) is 17.7. The fourth-order valence-electron chi connectivity index (χ4n) is 4.83. The lowest BCUT2D eigenvalue weighted by Crippen LogP contribution is -2.31. The Bertz CT molecular complexity index is 965. The number of nitrogens with zero attached hydrogens (tertiary/aromatic N) is 3. The van der Waals surface area contributed by atoms with Gasteiger partial charge in [0.1, 0.15) is 17.7 Å². The second-order valence-corrected chi connectivity index (χ2v) is 9.11. The fraction of sp³-hybridized carbons (Fsp3) is 0.480. The van der Waals surface area contributed by atoms with Crippen LogP contribution in [0.25, 0.3) is 4.85 Å². The van der Waals surface area contributed by atoms with Crippen molar-refractivity contribution in [3.63, 3.8) is 0 Å². The lowest BCUT2D eigenvalue weighted by Gasteiger charge is -2.36. The van der Waals surface area contributed by atoms with E-state index < -0.39 is 5.60 Å². The molecule has 1 aromatic rings. The quantitative estimate of drug-likeness (QED) is 0.431. The zero-order chi connectivity index (χ0) is 21.2. The maximum absolute atomic E-state index is 9.37. The summed E-state index contributed by atoms with van der Waals surface area (Å²) in [5.74, 6) is 0.722. The minimum absolute atomic E-state index is 0.105. The van der Waals surface area contributed by atoms with Crippen molar-refractivity contribution in [1.29, 1.82) is 10.5 Å². The van der Waals surface area contributed by atoms with Gasteiger partial charge in [0, 0.05) is 0 Å². The van der Waals surface area contributed by atoms with Gasteiger partial charge >= 0.3 is 0 Å². The molecule has 1 unspecified atom stereocenters. The number of hydrogen-bond acceptors (Lipinski definition) is 3. The Labute approximate surface area is 173 Å². The summed E-state index contributed by atoms with van der Waals surface area (Å²) >= 11 is 0. The second-order valence-electron chi connectivity index (χ2n) is 9.11. The van der Waals surface area contributed by atoms with Crippen molar-refractivity contribution in [3.05, 3.63) is 69.4 Å². The van der Waals surface area contributed by atoms with Gasteiger partial charge in [-0.15, -0.1) is 0 Å². The Morgan fingerprint density at radius 1 is 1.10 bits per heavy atom. The SMILES string of the molecule is [C-]#[N+]C1=C(C(C)(C)C)C(C)(c2ccc(C3CCCCC3)cc2)OC1=C(C#N)C#N. The summed E-state index contributed by atoms with van der Waals surface area (Å²) in [6.45, 7) is 15.8. The molecule has 3 rings (SSSR count). The molecule has 1 aromatic carbocycles. The van der Waals surface area contributed by atoms with Gasteiger partial charge in [0.15, 0.2) is 11.3 Å². The molecule has 1 aliphatic heterocycles. The minimum Gasteiger partial charge on any atom is -0.489 e. The first-order valence-electron chi connectivity index (χ1n) is 10.2. The highest BCUT2D eigenvalue weighted by Gasteiger charge is 2.49. The minimum atomic E-state index is -0.891. The molecule has 0 saturated heterocycles. The Balaban J connectivity index is 2.11. The van der Waals surface area contributed by atoms with E-state index in [9.17, 15) is 10.5 Å². The van der Waals surface area contributed by atoms with Gasteiger partial charge in [-0.3, -0.25) is 0 Å². The van der Waals surface area contributed by atoms with Crippen molar-refractivity contribution in [2.75, 3.05) is 0 Å². The second kappa shape index (κ2) is 7.77. The molecule has 0 N–H and O–H groups in total. The highest BCUT2D eigenvalue weighted by atomic mass is 16.5. The number of rotatable bonds is 2. The molecule has 0 radical (unpaired) electrons. The third-order valence-electron chi connectivity index (χ3n) is 6.09. The normalized spacial score (nSPS) is 22.4. The first-order chi connectivity index (χ1) is 13.8. The summed E-state index contributed by atoms with van der Waals surface area (Å²) in [7, 11) is 0. The molecule has 0 amide bonds. The molecule has 1 saturated carbocycles. The van der Waals surface area contributed by atoms with Crippen LogP contribution < -0.4 is 0 Å². The Morgan fingerprint density at radius 2 is 1.69 bits per heavy atom. The average molecular weight is 386 g/mol. The number of nitriles is 2. The molecule has 4 nitrogen and oxygen atoms in total. The van der Waals surface area contributed by atoms with Crippen LogP contribution in [0.5, 0.6) is 0 Å². The topological polar surface area (TPSA) is 61.2 Å². The molecule has 1 fully saturated rings. The summed E-state index contributed by atoms with van der Waals surface area (Å²) in [6, 6.07) is 12.3. The van der Waals surface area contributed by atoms with E-state index in [1.165, 1.54) is 37.7 Å². The first kappa shape index (κ1) is 20.7. The van der Waals surface area contributed by atoms with Gasteiger partial charge in [-0.25, -0.2) is 4.85 Å². The van der Waals surface area contributed by atoms with E-state index in [1.807, 2.05) is 39.8 Å². The third-order valence-corrected chi connectivity index (χ3v) is 6.09. The molecular weight excluding hydrogens is 358 g/mol. The molecule has 1 atom stereocenters. The maximum atomic E-state index is 9.37. The summed E-state index contributed by atoms with van der Waals surface area (Å²) < 4.78 is 6.25. The van der Waals surface area contributed by atoms with Crippen molar-refractivity contribution >= 4 is 0 Å². The fourth-order valence-corrected chi connectivity index (χ4v) is 4.83. The Hall–Kier alpha value is -3.03. The zero-order valence-corrected chi connectivity index (χ0v) is 17.7. The molecule has 0 spiro atoms. The van der Waals surface area contributed by atoms with Crippen LogP contribution >= 0.6 is 0 Å². The van der Waals surface area contributed by atoms with Crippen molar-refractivity contribution in [3.8, 4) is 12.1 Å². The lowest BCUT2D eigenvalue weighted by molar-refractivity contribution is 0.0585. The predicted octanol–water partition coefficient (Wildman–Crippen LogP) is 6.50. The Morgan fingerprint density at radius 3 is 2.17 bits per heavy atom. The van der Waals surface area contributed by atoms with Crippen LogP contribution in [0, 0.1) is 34.6 Å². The van der Waals surface area contributed by atoms with Crippen LogP contribution in [-0.4, -0.2) is 0 Å². The van der Waals surface area contributed by atoms with Crippen molar-refractivity contribution in [1.82, 2.24) is 0 Å². The highest BCUT2D eigenvalue weighted by Crippen LogP contribution is 2.53. The van der Waals surface area contributed by atoms with Gasteiger partial charge in [-0.1, -0.05) is 64.3 Å². The van der Waals surface area contributed by atoms with E-state index in [1.54, 1.807) is 0 Å². The number of benzene rings is 1. The molecule has 0 aromatic heterocycles. The van der Waals surface area contributed by atoms with Crippen LogP contribution in [0.15, 0.2) is 46.9 Å². The third kappa shape index (κ3) is 3.66. The molecule has 148 valence electrons. The van der Waals surface area contributed by atoms with Crippen LogP contribution in [0.3, 0.4) is 0 Å². The van der Waals surface area contributed by atoms with E-state index >= 15 is 0 Å². The Kier molecular flexibility index (Phi) is 5.55. The monoisotopic (exact) mass is 385 g/mol. The van der Waals surface area contributed by atoms with E-state index in [-0.39, 0.29) is 22.4 Å². The number of ether oxygens (including phenoxy) is 1. The van der Waals surface area contributed by atoms with Crippen molar-refractivity contribution in [2.24, 2.45) is 5.41 Å². The molecule has 4 heteroatoms. The summed E-state index contributed by atoms with van der Waals surface area (Å²) in [5, 5.41) is 18.7. The lowest BCUT2D eigenvalue weighted by atomic mass is 9.73. The van der Waals surface area contributed by atoms with E-state index in [2.05, 4.69) is 29.1 Å². The predicted molar refractivity (Wildman–Crippen MR) is 112 cm³/mol. The maximum Gasteiger partial charge on any atom is 0.234 e. The summed E-state index contributed by atoms with van der Waals surface area (Å²) in [5.41, 5.74) is 1.98. The number of allylic oxidation sites excluding steroid dienone is 1. The van der Waals surface area contributed by atoms with Gasteiger partial charge < -0.3 is 4.74 Å². The van der Waals surface area contributed by atoms with Gasteiger partial charge in [0.05, 0.1) is 6.57 Å². The number of hydrogen-bond donors (Lipinski definition) is 0. The highest BCUT2D eigenvalue weighted by molar-refractivity contribution is 5.57. The van der Waals surface area contributed by atoms with Gasteiger partial charge in [-0.2, -0.15) is 10.5 Å². The molecular formula is C25H27N3O. The van der Waals surface area contributed by atoms with E-state index in [0.29, 0.717) is 5.92 Å². The largest absolute Gasteiger partial charge is 0.489 e.